The van der Waals surface area contributed by atoms with E-state index in [4.69, 9.17) is 16.3 Å². The van der Waals surface area contributed by atoms with Crippen molar-refractivity contribution in [3.05, 3.63) is 29.9 Å². The minimum atomic E-state index is 0.411. The lowest BCUT2D eigenvalue weighted by Crippen LogP contribution is -1.95. The molecule has 0 aliphatic heterocycles. The molecule has 1 heterocycles. The molecule has 1 aromatic rings. The van der Waals surface area contributed by atoms with Crippen molar-refractivity contribution in [2.75, 3.05) is 6.61 Å². The second kappa shape index (κ2) is 4.31. The van der Waals surface area contributed by atoms with E-state index in [-0.39, 0.29) is 0 Å². The SMILES string of the molecule is [CH2]Cc1cnc(Cl)c(OCC)c1. The third-order valence-electron chi connectivity index (χ3n) is 1.45. The Bertz CT molecular complexity index is 263. The summed E-state index contributed by atoms with van der Waals surface area (Å²) < 4.78 is 5.26. The van der Waals surface area contributed by atoms with Crippen LogP contribution in [-0.4, -0.2) is 11.6 Å². The number of hydrogen-bond acceptors (Lipinski definition) is 2. The third kappa shape index (κ3) is 2.11. The number of nitrogens with zero attached hydrogens (tertiary/aromatic N) is 1. The maximum absolute atomic E-state index is 5.78. The summed E-state index contributed by atoms with van der Waals surface area (Å²) in [5.74, 6) is 0.639. The van der Waals surface area contributed by atoms with Gasteiger partial charge in [-0.3, -0.25) is 0 Å². The summed E-state index contributed by atoms with van der Waals surface area (Å²) in [6.07, 6.45) is 2.40. The molecule has 0 saturated carbocycles. The van der Waals surface area contributed by atoms with E-state index in [1.807, 2.05) is 13.0 Å². The number of rotatable bonds is 3. The highest BCUT2D eigenvalue weighted by Crippen LogP contribution is 2.22. The van der Waals surface area contributed by atoms with Crippen molar-refractivity contribution in [2.24, 2.45) is 0 Å². The van der Waals surface area contributed by atoms with Crippen LogP contribution in [0.4, 0.5) is 0 Å². The van der Waals surface area contributed by atoms with Gasteiger partial charge in [0.15, 0.2) is 10.9 Å². The first kappa shape index (κ1) is 9.33. The van der Waals surface area contributed by atoms with Gasteiger partial charge in [-0.2, -0.15) is 0 Å². The Morgan fingerprint density at radius 3 is 3.00 bits per heavy atom. The van der Waals surface area contributed by atoms with Crippen LogP contribution < -0.4 is 4.74 Å². The van der Waals surface area contributed by atoms with Crippen LogP contribution in [0.3, 0.4) is 0 Å². The molecule has 0 unspecified atom stereocenters. The van der Waals surface area contributed by atoms with Gasteiger partial charge >= 0.3 is 0 Å². The summed E-state index contributed by atoms with van der Waals surface area (Å²) in [5, 5.41) is 0.411. The Balaban J connectivity index is 2.91. The van der Waals surface area contributed by atoms with Crippen molar-refractivity contribution in [1.82, 2.24) is 4.98 Å². The summed E-state index contributed by atoms with van der Waals surface area (Å²) in [6, 6.07) is 1.87. The van der Waals surface area contributed by atoms with Gasteiger partial charge in [0, 0.05) is 6.20 Å². The number of pyridine rings is 1. The molecule has 0 bridgehead atoms. The first-order valence-corrected chi connectivity index (χ1v) is 4.22. The van der Waals surface area contributed by atoms with E-state index in [1.165, 1.54) is 0 Å². The molecule has 0 fully saturated rings. The minimum Gasteiger partial charge on any atom is -0.491 e. The van der Waals surface area contributed by atoms with Crippen molar-refractivity contribution in [3.8, 4) is 5.75 Å². The van der Waals surface area contributed by atoms with Gasteiger partial charge in [-0.1, -0.05) is 11.6 Å². The monoisotopic (exact) mass is 184 g/mol. The van der Waals surface area contributed by atoms with Crippen LogP contribution in [-0.2, 0) is 6.42 Å². The summed E-state index contributed by atoms with van der Waals surface area (Å²) in [5.41, 5.74) is 1.03. The zero-order chi connectivity index (χ0) is 8.97. The highest BCUT2D eigenvalue weighted by molar-refractivity contribution is 6.30. The van der Waals surface area contributed by atoms with E-state index in [9.17, 15) is 0 Å². The van der Waals surface area contributed by atoms with E-state index in [1.54, 1.807) is 6.20 Å². The molecule has 0 saturated heterocycles. The van der Waals surface area contributed by atoms with Crippen LogP contribution in [0, 0.1) is 6.92 Å². The van der Waals surface area contributed by atoms with Crippen LogP contribution in [0.1, 0.15) is 12.5 Å². The van der Waals surface area contributed by atoms with E-state index in [0.29, 0.717) is 23.9 Å². The largest absolute Gasteiger partial charge is 0.491 e. The molecule has 1 rings (SSSR count). The average molecular weight is 185 g/mol. The zero-order valence-electron chi connectivity index (χ0n) is 7.01. The average Bonchev–Trinajstić information content (AvgIpc) is 2.09. The van der Waals surface area contributed by atoms with Crippen molar-refractivity contribution >= 4 is 11.6 Å². The fraction of sp³-hybridized carbons (Fsp3) is 0.333. The molecule has 0 amide bonds. The van der Waals surface area contributed by atoms with Gasteiger partial charge in [0.1, 0.15) is 0 Å². The molecule has 65 valence electrons. The fourth-order valence-electron chi connectivity index (χ4n) is 0.862. The Hall–Kier alpha value is -0.760. The van der Waals surface area contributed by atoms with E-state index in [0.717, 1.165) is 5.56 Å². The quantitative estimate of drug-likeness (QED) is 0.674. The van der Waals surface area contributed by atoms with Crippen LogP contribution in [0.2, 0.25) is 5.15 Å². The Morgan fingerprint density at radius 2 is 2.42 bits per heavy atom. The third-order valence-corrected chi connectivity index (χ3v) is 1.74. The summed E-state index contributed by atoms with van der Waals surface area (Å²) >= 11 is 5.78. The highest BCUT2D eigenvalue weighted by atomic mass is 35.5. The smallest absolute Gasteiger partial charge is 0.171 e. The van der Waals surface area contributed by atoms with Crippen LogP contribution >= 0.6 is 11.6 Å². The number of ether oxygens (including phenoxy) is 1. The molecule has 0 spiro atoms. The Kier molecular flexibility index (Phi) is 3.35. The molecular formula is C9H11ClNO. The van der Waals surface area contributed by atoms with Gasteiger partial charge in [-0.05, 0) is 31.9 Å². The molecule has 3 heteroatoms. The summed E-state index contributed by atoms with van der Waals surface area (Å²) in [7, 11) is 0. The summed E-state index contributed by atoms with van der Waals surface area (Å²) in [6.45, 7) is 6.26. The molecule has 1 aromatic heterocycles. The molecule has 1 radical (unpaired) electrons. The van der Waals surface area contributed by atoms with E-state index >= 15 is 0 Å². The van der Waals surface area contributed by atoms with Crippen molar-refractivity contribution in [2.45, 2.75) is 13.3 Å². The summed E-state index contributed by atoms with van der Waals surface area (Å²) in [4.78, 5) is 3.97. The van der Waals surface area contributed by atoms with Crippen molar-refractivity contribution < 1.29 is 4.74 Å². The zero-order valence-corrected chi connectivity index (χ0v) is 7.77. The Labute approximate surface area is 77.5 Å². The first-order chi connectivity index (χ1) is 5.77. The van der Waals surface area contributed by atoms with Crippen molar-refractivity contribution in [3.63, 3.8) is 0 Å². The predicted octanol–water partition coefficient (Wildman–Crippen LogP) is 2.51. The van der Waals surface area contributed by atoms with Crippen LogP contribution in [0.15, 0.2) is 12.3 Å². The molecule has 12 heavy (non-hydrogen) atoms. The lowest BCUT2D eigenvalue weighted by atomic mass is 10.2. The molecule has 2 nitrogen and oxygen atoms in total. The maximum Gasteiger partial charge on any atom is 0.171 e. The molecular weight excluding hydrogens is 174 g/mol. The maximum atomic E-state index is 5.78. The lowest BCUT2D eigenvalue weighted by Gasteiger charge is -2.05. The molecule has 0 atom stereocenters. The van der Waals surface area contributed by atoms with Crippen molar-refractivity contribution in [1.29, 1.82) is 0 Å². The second-order valence-electron chi connectivity index (χ2n) is 2.32. The first-order valence-electron chi connectivity index (χ1n) is 3.84. The van der Waals surface area contributed by atoms with Gasteiger partial charge in [0.05, 0.1) is 6.61 Å². The van der Waals surface area contributed by atoms with E-state index < -0.39 is 0 Å². The minimum absolute atomic E-state index is 0.411. The predicted molar refractivity (Wildman–Crippen MR) is 49.5 cm³/mol. The number of halogens is 1. The lowest BCUT2D eigenvalue weighted by molar-refractivity contribution is 0.339. The van der Waals surface area contributed by atoms with Gasteiger partial charge in [0.2, 0.25) is 0 Å². The number of aromatic nitrogens is 1. The topological polar surface area (TPSA) is 22.1 Å². The molecule has 0 aliphatic carbocycles. The van der Waals surface area contributed by atoms with Gasteiger partial charge in [0.25, 0.3) is 0 Å². The van der Waals surface area contributed by atoms with Crippen LogP contribution in [0.25, 0.3) is 0 Å². The molecule has 0 N–H and O–H groups in total. The van der Waals surface area contributed by atoms with Crippen LogP contribution in [0.5, 0.6) is 5.75 Å². The van der Waals surface area contributed by atoms with Gasteiger partial charge in [-0.15, -0.1) is 0 Å². The number of hydrogen-bond donors (Lipinski definition) is 0. The standard InChI is InChI=1S/C9H11ClNO/c1-3-7-5-8(12-4-2)9(10)11-6-7/h5-6H,1,3-4H2,2H3. The normalized spacial score (nSPS) is 9.92. The second-order valence-corrected chi connectivity index (χ2v) is 2.67. The van der Waals surface area contributed by atoms with Gasteiger partial charge in [-0.25, -0.2) is 4.98 Å². The molecule has 0 aromatic carbocycles. The van der Waals surface area contributed by atoms with Gasteiger partial charge < -0.3 is 4.74 Å². The fourth-order valence-corrected chi connectivity index (χ4v) is 1.02. The Morgan fingerprint density at radius 1 is 1.67 bits per heavy atom. The molecule has 0 aliphatic rings. The highest BCUT2D eigenvalue weighted by Gasteiger charge is 2.02. The van der Waals surface area contributed by atoms with E-state index in [2.05, 4.69) is 11.9 Å².